The molecule has 0 saturated carbocycles. The van der Waals surface area contributed by atoms with E-state index in [1.54, 1.807) is 11.8 Å². The highest BCUT2D eigenvalue weighted by Gasteiger charge is 2.30. The van der Waals surface area contributed by atoms with Crippen LogP contribution in [0, 0.1) is 0 Å². The summed E-state index contributed by atoms with van der Waals surface area (Å²) in [6, 6.07) is 7.95. The lowest BCUT2D eigenvalue weighted by Gasteiger charge is -2.34. The topological polar surface area (TPSA) is 63.4 Å². The second kappa shape index (κ2) is 7.03. The van der Waals surface area contributed by atoms with Gasteiger partial charge in [-0.2, -0.15) is 11.8 Å². The van der Waals surface area contributed by atoms with Gasteiger partial charge in [0.25, 0.3) is 0 Å². The number of nitrogen functional groups attached to an aromatic ring is 1. The molecule has 2 N–H and O–H groups in total. The average molecular weight is 329 g/mol. The van der Waals surface area contributed by atoms with Crippen molar-refractivity contribution in [2.75, 3.05) is 36.6 Å². The van der Waals surface area contributed by atoms with Crippen LogP contribution in [-0.4, -0.2) is 49.5 Å². The minimum atomic E-state index is -3.00. The molecule has 4 nitrogen and oxygen atoms in total. The lowest BCUT2D eigenvalue weighted by Crippen LogP contribution is -2.47. The van der Waals surface area contributed by atoms with Crippen LogP contribution < -0.4 is 5.73 Å². The minimum Gasteiger partial charge on any atom is -0.399 e. The maximum absolute atomic E-state index is 11.9. The van der Waals surface area contributed by atoms with Crippen molar-refractivity contribution in [1.82, 2.24) is 4.90 Å². The zero-order chi connectivity index (χ0) is 15.5. The highest BCUT2D eigenvalue weighted by Crippen LogP contribution is 2.24. The van der Waals surface area contributed by atoms with Gasteiger partial charge in [-0.15, -0.1) is 0 Å². The van der Waals surface area contributed by atoms with Gasteiger partial charge in [0.2, 0.25) is 0 Å². The molecule has 1 fully saturated rings. The summed E-state index contributed by atoms with van der Waals surface area (Å²) in [6.45, 7) is 3.86. The first-order valence-corrected chi connectivity index (χ1v) is 10.3. The van der Waals surface area contributed by atoms with Crippen molar-refractivity contribution in [1.29, 1.82) is 0 Å². The number of thioether (sulfide) groups is 1. The molecule has 0 aromatic heterocycles. The molecule has 21 heavy (non-hydrogen) atoms. The number of benzene rings is 1. The Morgan fingerprint density at radius 1 is 1.38 bits per heavy atom. The van der Waals surface area contributed by atoms with Crippen molar-refractivity contribution in [3.63, 3.8) is 0 Å². The van der Waals surface area contributed by atoms with Gasteiger partial charge in [0, 0.05) is 36.5 Å². The van der Waals surface area contributed by atoms with Crippen molar-refractivity contribution in [3.05, 3.63) is 29.8 Å². The van der Waals surface area contributed by atoms with E-state index in [-0.39, 0.29) is 5.37 Å². The van der Waals surface area contributed by atoms with Crippen molar-refractivity contribution in [2.24, 2.45) is 0 Å². The summed E-state index contributed by atoms with van der Waals surface area (Å²) < 4.78 is 23.8. The SMILES string of the molecule is CC(CCN1CCSCC1S(C)(=O)=O)c1ccc(N)cc1. The molecule has 6 heteroatoms. The highest BCUT2D eigenvalue weighted by molar-refractivity contribution is 8.00. The summed E-state index contributed by atoms with van der Waals surface area (Å²) in [5.41, 5.74) is 7.74. The Morgan fingerprint density at radius 2 is 2.05 bits per heavy atom. The van der Waals surface area contributed by atoms with E-state index in [9.17, 15) is 8.42 Å². The fraction of sp³-hybridized carbons (Fsp3) is 0.600. The Kier molecular flexibility index (Phi) is 5.57. The molecule has 2 unspecified atom stereocenters. The van der Waals surface area contributed by atoms with Crippen LogP contribution >= 0.6 is 11.8 Å². The molecule has 2 rings (SSSR count). The molecule has 0 bridgehead atoms. The van der Waals surface area contributed by atoms with Crippen molar-refractivity contribution < 1.29 is 8.42 Å². The number of sulfone groups is 1. The van der Waals surface area contributed by atoms with E-state index in [1.807, 2.05) is 12.1 Å². The fourth-order valence-corrected chi connectivity index (χ4v) is 5.59. The van der Waals surface area contributed by atoms with Gasteiger partial charge in [0.1, 0.15) is 5.37 Å². The quantitative estimate of drug-likeness (QED) is 0.840. The third-order valence-corrected chi connectivity index (χ3v) is 6.73. The molecule has 1 aliphatic rings. The van der Waals surface area contributed by atoms with E-state index in [0.717, 1.165) is 31.0 Å². The van der Waals surface area contributed by atoms with Crippen molar-refractivity contribution in [3.8, 4) is 0 Å². The molecule has 1 saturated heterocycles. The van der Waals surface area contributed by atoms with Crippen LogP contribution in [0.2, 0.25) is 0 Å². The molecule has 0 amide bonds. The number of anilines is 1. The van der Waals surface area contributed by atoms with Crippen LogP contribution in [0.15, 0.2) is 24.3 Å². The molecule has 0 spiro atoms. The van der Waals surface area contributed by atoms with E-state index in [4.69, 9.17) is 5.73 Å². The number of hydrogen-bond acceptors (Lipinski definition) is 5. The largest absolute Gasteiger partial charge is 0.399 e. The Morgan fingerprint density at radius 3 is 2.67 bits per heavy atom. The van der Waals surface area contributed by atoms with Gasteiger partial charge in [0.05, 0.1) is 0 Å². The van der Waals surface area contributed by atoms with E-state index in [0.29, 0.717) is 11.7 Å². The van der Waals surface area contributed by atoms with Crippen LogP contribution in [0.1, 0.15) is 24.8 Å². The third-order valence-electron chi connectivity index (χ3n) is 4.04. The van der Waals surface area contributed by atoms with Crippen LogP contribution in [0.25, 0.3) is 0 Å². The predicted molar refractivity (Wildman–Crippen MR) is 91.4 cm³/mol. The molecular formula is C15H24N2O2S2. The molecule has 118 valence electrons. The van der Waals surface area contributed by atoms with Crippen molar-refractivity contribution in [2.45, 2.75) is 24.6 Å². The minimum absolute atomic E-state index is 0.324. The lowest BCUT2D eigenvalue weighted by molar-refractivity contribution is 0.261. The summed E-state index contributed by atoms with van der Waals surface area (Å²) in [7, 11) is -3.00. The number of rotatable bonds is 5. The second-order valence-corrected chi connectivity index (χ2v) is 9.10. The van der Waals surface area contributed by atoms with Gasteiger partial charge in [-0.3, -0.25) is 4.90 Å². The smallest absolute Gasteiger partial charge is 0.164 e. The Hall–Kier alpha value is -0.720. The Balaban J connectivity index is 1.96. The molecule has 1 aromatic rings. The molecule has 1 aromatic carbocycles. The number of hydrogen-bond donors (Lipinski definition) is 1. The summed E-state index contributed by atoms with van der Waals surface area (Å²) in [4.78, 5) is 2.12. The summed E-state index contributed by atoms with van der Waals surface area (Å²) >= 11 is 1.73. The first-order valence-electron chi connectivity index (χ1n) is 7.24. The molecule has 0 aliphatic carbocycles. The Labute approximate surface area is 132 Å². The summed E-state index contributed by atoms with van der Waals surface area (Å²) in [6.07, 6.45) is 2.31. The number of nitrogens with two attached hydrogens (primary N) is 1. The van der Waals surface area contributed by atoms with Crippen LogP contribution in [0.3, 0.4) is 0 Å². The first-order chi connectivity index (χ1) is 9.88. The monoisotopic (exact) mass is 328 g/mol. The predicted octanol–water partition coefficient (Wildman–Crippen LogP) is 2.18. The standard InChI is InChI=1S/C15H24N2O2S2/c1-12(13-3-5-14(16)6-4-13)7-8-17-9-10-20-11-15(17)21(2,18)19/h3-6,12,15H,7-11,16H2,1-2H3. The van der Waals surface area contributed by atoms with E-state index >= 15 is 0 Å². The second-order valence-electron chi connectivity index (χ2n) is 5.75. The highest BCUT2D eigenvalue weighted by atomic mass is 32.2. The Bertz CT molecular complexity index is 558. The normalized spacial score (nSPS) is 22.1. The van der Waals surface area contributed by atoms with Gasteiger partial charge in [-0.1, -0.05) is 19.1 Å². The summed E-state index contributed by atoms with van der Waals surface area (Å²) in [5.74, 6) is 2.11. The van der Waals surface area contributed by atoms with Gasteiger partial charge in [-0.25, -0.2) is 8.42 Å². The van der Waals surface area contributed by atoms with Gasteiger partial charge < -0.3 is 5.73 Å². The van der Waals surface area contributed by atoms with E-state index < -0.39 is 9.84 Å². The van der Waals surface area contributed by atoms with Gasteiger partial charge in [0.15, 0.2) is 9.84 Å². The maximum atomic E-state index is 11.9. The molecule has 0 radical (unpaired) electrons. The lowest BCUT2D eigenvalue weighted by atomic mass is 9.97. The van der Waals surface area contributed by atoms with E-state index in [2.05, 4.69) is 24.0 Å². The third kappa shape index (κ3) is 4.63. The van der Waals surface area contributed by atoms with Gasteiger partial charge in [-0.05, 0) is 30.0 Å². The van der Waals surface area contributed by atoms with Gasteiger partial charge >= 0.3 is 0 Å². The molecule has 2 atom stereocenters. The fourth-order valence-electron chi connectivity index (χ4n) is 2.62. The summed E-state index contributed by atoms with van der Waals surface area (Å²) in [5, 5.41) is -0.324. The van der Waals surface area contributed by atoms with Crippen LogP contribution in [0.5, 0.6) is 0 Å². The van der Waals surface area contributed by atoms with E-state index in [1.165, 1.54) is 11.8 Å². The first kappa shape index (κ1) is 16.6. The zero-order valence-corrected chi connectivity index (χ0v) is 14.3. The molecule has 1 heterocycles. The molecular weight excluding hydrogens is 304 g/mol. The van der Waals surface area contributed by atoms with Crippen molar-refractivity contribution >= 4 is 27.3 Å². The average Bonchev–Trinajstić information content (AvgIpc) is 2.45. The van der Waals surface area contributed by atoms with Crippen LogP contribution in [0.4, 0.5) is 5.69 Å². The zero-order valence-electron chi connectivity index (χ0n) is 12.7. The molecule has 1 aliphatic heterocycles. The number of nitrogens with zero attached hydrogens (tertiary/aromatic N) is 1. The van der Waals surface area contributed by atoms with Crippen LogP contribution in [-0.2, 0) is 9.84 Å². The maximum Gasteiger partial charge on any atom is 0.164 e.